The zero-order valence-electron chi connectivity index (χ0n) is 18.8. The number of allylic oxidation sites excluding steroid dienone is 1. The first-order valence-electron chi connectivity index (χ1n) is 10.6. The smallest absolute Gasteiger partial charge is 0.254 e. The van der Waals surface area contributed by atoms with Gasteiger partial charge in [0.1, 0.15) is 5.82 Å². The summed E-state index contributed by atoms with van der Waals surface area (Å²) in [6.45, 7) is 4.15. The molecule has 0 saturated carbocycles. The number of thioether (sulfide) groups is 1. The summed E-state index contributed by atoms with van der Waals surface area (Å²) >= 11 is 8.44. The van der Waals surface area contributed by atoms with E-state index in [1.54, 1.807) is 28.8 Å². The Balaban J connectivity index is 1.34. The van der Waals surface area contributed by atoms with Gasteiger partial charge in [-0.1, -0.05) is 53.7 Å². The molecule has 0 fully saturated rings. The minimum Gasteiger partial charge on any atom is -0.345 e. The first kappa shape index (κ1) is 25.5. The van der Waals surface area contributed by atoms with Crippen molar-refractivity contribution in [3.8, 4) is 11.3 Å². The molecule has 4 aromatic rings. The van der Waals surface area contributed by atoms with Crippen molar-refractivity contribution < 1.29 is 14.0 Å². The number of nitrogens with one attached hydrogen (secondary N) is 2. The Morgan fingerprint density at radius 1 is 1.17 bits per heavy atom. The molecule has 0 spiro atoms. The molecule has 2 N–H and O–H groups in total. The van der Waals surface area contributed by atoms with Crippen LogP contribution >= 0.6 is 34.7 Å². The molecule has 0 radical (unpaired) electrons. The van der Waals surface area contributed by atoms with Crippen LogP contribution < -0.4 is 10.6 Å². The lowest BCUT2D eigenvalue weighted by Gasteiger charge is -2.09. The average molecular weight is 543 g/mol. The van der Waals surface area contributed by atoms with E-state index in [4.69, 9.17) is 11.6 Å². The minimum atomic E-state index is -0.606. The molecule has 184 valence electrons. The number of thiazole rings is 1. The van der Waals surface area contributed by atoms with Crippen molar-refractivity contribution in [2.45, 2.75) is 18.2 Å². The topological polar surface area (TPSA) is 102 Å². The number of hydrogen-bond acceptors (Lipinski definition) is 7. The maximum absolute atomic E-state index is 13.8. The Hall–Kier alpha value is -3.54. The quantitative estimate of drug-likeness (QED) is 0.215. The van der Waals surface area contributed by atoms with Crippen LogP contribution in [-0.4, -0.2) is 37.3 Å². The molecule has 0 unspecified atom stereocenters. The van der Waals surface area contributed by atoms with Gasteiger partial charge >= 0.3 is 0 Å². The van der Waals surface area contributed by atoms with Gasteiger partial charge in [0.05, 0.1) is 23.6 Å². The summed E-state index contributed by atoms with van der Waals surface area (Å²) in [5, 5.41) is 17.1. The predicted molar refractivity (Wildman–Crippen MR) is 140 cm³/mol. The van der Waals surface area contributed by atoms with Crippen molar-refractivity contribution in [3.63, 3.8) is 0 Å². The van der Waals surface area contributed by atoms with Crippen LogP contribution in [0.25, 0.3) is 11.3 Å². The van der Waals surface area contributed by atoms with Crippen LogP contribution in [0.3, 0.4) is 0 Å². The van der Waals surface area contributed by atoms with Crippen molar-refractivity contribution in [3.05, 3.63) is 88.8 Å². The Labute approximate surface area is 219 Å². The maximum Gasteiger partial charge on any atom is 0.254 e. The van der Waals surface area contributed by atoms with Crippen molar-refractivity contribution in [1.29, 1.82) is 0 Å². The summed E-state index contributed by atoms with van der Waals surface area (Å²) in [5.74, 6) is -0.886. The maximum atomic E-state index is 13.8. The van der Waals surface area contributed by atoms with Crippen LogP contribution in [0.5, 0.6) is 0 Å². The molecule has 4 rings (SSSR count). The van der Waals surface area contributed by atoms with Crippen molar-refractivity contribution in [2.75, 3.05) is 11.1 Å². The van der Waals surface area contributed by atoms with Gasteiger partial charge in [0.15, 0.2) is 16.1 Å². The number of nitrogens with zero attached hydrogens (tertiary/aromatic N) is 4. The lowest BCUT2D eigenvalue weighted by Crippen LogP contribution is -2.25. The summed E-state index contributed by atoms with van der Waals surface area (Å²) in [6.07, 6.45) is 1.66. The van der Waals surface area contributed by atoms with Crippen LogP contribution in [0.1, 0.15) is 16.2 Å². The Morgan fingerprint density at radius 3 is 2.69 bits per heavy atom. The zero-order chi connectivity index (χ0) is 25.5. The Morgan fingerprint density at radius 2 is 1.94 bits per heavy atom. The second kappa shape index (κ2) is 11.9. The highest BCUT2D eigenvalue weighted by Gasteiger charge is 2.17. The van der Waals surface area contributed by atoms with E-state index in [1.165, 1.54) is 41.3 Å². The molecule has 8 nitrogen and oxygen atoms in total. The molecular formula is C24H20ClFN6O2S2. The predicted octanol–water partition coefficient (Wildman–Crippen LogP) is 5.04. The van der Waals surface area contributed by atoms with Crippen LogP contribution in [0.4, 0.5) is 9.52 Å². The van der Waals surface area contributed by atoms with Gasteiger partial charge in [0.2, 0.25) is 5.91 Å². The van der Waals surface area contributed by atoms with Crippen molar-refractivity contribution >= 4 is 51.6 Å². The molecule has 2 amide bonds. The van der Waals surface area contributed by atoms with E-state index in [1.807, 2.05) is 17.5 Å². The molecular weight excluding hydrogens is 523 g/mol. The van der Waals surface area contributed by atoms with Gasteiger partial charge in [0.25, 0.3) is 5.91 Å². The summed E-state index contributed by atoms with van der Waals surface area (Å²) < 4.78 is 15.6. The number of rotatable bonds is 10. The molecule has 2 aromatic carbocycles. The monoisotopic (exact) mass is 542 g/mol. The third-order valence-electron chi connectivity index (χ3n) is 4.85. The highest BCUT2D eigenvalue weighted by molar-refractivity contribution is 7.99. The van der Waals surface area contributed by atoms with Crippen LogP contribution in [0.2, 0.25) is 5.02 Å². The van der Waals surface area contributed by atoms with Gasteiger partial charge in [0, 0.05) is 22.5 Å². The standard InChI is InChI=1S/C24H20ClFN6O2S2/c1-2-11-32-20(12-27-22(34)17-5-3-4-6-18(17)26)30-31-24(32)36-14-21(33)29-23-28-19(13-35-23)15-7-9-16(25)10-8-15/h2-10,13H,1,11-12,14H2,(H,27,34)(H,28,29,33). The Bertz CT molecular complexity index is 1390. The second-order valence-electron chi connectivity index (χ2n) is 7.34. The number of halogens is 2. The SMILES string of the molecule is C=CCn1c(CNC(=O)c2ccccc2F)nnc1SCC(=O)Nc1nc(-c2ccc(Cl)cc2)cs1. The molecule has 36 heavy (non-hydrogen) atoms. The number of aromatic nitrogens is 4. The van der Waals surface area contributed by atoms with E-state index >= 15 is 0 Å². The Kier molecular flexibility index (Phi) is 8.47. The van der Waals surface area contributed by atoms with E-state index in [2.05, 4.69) is 32.4 Å². The number of anilines is 1. The van der Waals surface area contributed by atoms with Gasteiger partial charge in [-0.05, 0) is 24.3 Å². The number of amides is 2. The number of carbonyl (C=O) groups is 2. The molecule has 0 saturated heterocycles. The van der Waals surface area contributed by atoms with E-state index in [-0.39, 0.29) is 23.8 Å². The fraction of sp³-hybridized carbons (Fsp3) is 0.125. The minimum absolute atomic E-state index is 0.0351. The fourth-order valence-electron chi connectivity index (χ4n) is 3.14. The summed E-state index contributed by atoms with van der Waals surface area (Å²) in [5.41, 5.74) is 1.59. The summed E-state index contributed by atoms with van der Waals surface area (Å²) in [7, 11) is 0. The third kappa shape index (κ3) is 6.36. The van der Waals surface area contributed by atoms with E-state index in [9.17, 15) is 14.0 Å². The zero-order valence-corrected chi connectivity index (χ0v) is 21.2. The van der Waals surface area contributed by atoms with E-state index in [0.29, 0.717) is 27.7 Å². The number of carbonyl (C=O) groups excluding carboxylic acids is 2. The largest absolute Gasteiger partial charge is 0.345 e. The molecule has 12 heteroatoms. The molecule has 0 aliphatic rings. The first-order chi connectivity index (χ1) is 17.4. The van der Waals surface area contributed by atoms with Gasteiger partial charge in [-0.3, -0.25) is 9.59 Å². The highest BCUT2D eigenvalue weighted by atomic mass is 35.5. The van der Waals surface area contributed by atoms with Gasteiger partial charge in [-0.15, -0.1) is 28.1 Å². The lowest BCUT2D eigenvalue weighted by atomic mass is 10.2. The molecule has 2 aromatic heterocycles. The summed E-state index contributed by atoms with van der Waals surface area (Å²) in [4.78, 5) is 29.3. The lowest BCUT2D eigenvalue weighted by molar-refractivity contribution is -0.113. The van der Waals surface area contributed by atoms with E-state index < -0.39 is 11.7 Å². The molecule has 0 bridgehead atoms. The number of benzene rings is 2. The first-order valence-corrected chi connectivity index (χ1v) is 12.9. The van der Waals surface area contributed by atoms with Gasteiger partial charge < -0.3 is 15.2 Å². The second-order valence-corrected chi connectivity index (χ2v) is 9.58. The molecule has 0 aliphatic heterocycles. The van der Waals surface area contributed by atoms with Crippen molar-refractivity contribution in [1.82, 2.24) is 25.1 Å². The highest BCUT2D eigenvalue weighted by Crippen LogP contribution is 2.26. The van der Waals surface area contributed by atoms with Crippen LogP contribution in [0.15, 0.2) is 71.7 Å². The van der Waals surface area contributed by atoms with Gasteiger partial charge in [-0.25, -0.2) is 9.37 Å². The van der Waals surface area contributed by atoms with Gasteiger partial charge in [-0.2, -0.15) is 0 Å². The molecule has 0 aliphatic carbocycles. The summed E-state index contributed by atoms with van der Waals surface area (Å²) in [6, 6.07) is 13.0. The normalized spacial score (nSPS) is 10.7. The number of hydrogen-bond donors (Lipinski definition) is 2. The van der Waals surface area contributed by atoms with Crippen molar-refractivity contribution in [2.24, 2.45) is 0 Å². The van der Waals surface area contributed by atoms with Crippen LogP contribution in [-0.2, 0) is 17.9 Å². The fourth-order valence-corrected chi connectivity index (χ4v) is 4.77. The third-order valence-corrected chi connectivity index (χ3v) is 6.83. The molecule has 0 atom stereocenters. The van der Waals surface area contributed by atoms with Crippen LogP contribution in [0, 0.1) is 5.82 Å². The average Bonchev–Trinajstić information content (AvgIpc) is 3.49. The van der Waals surface area contributed by atoms with E-state index in [0.717, 1.165) is 11.3 Å². The molecule has 2 heterocycles.